The SMILES string of the molecule is Cc1ccc(S(=O)(=O)Nc2ccc(CC(=O)CCc3ccccc3)cc2)cc1. The summed E-state index contributed by atoms with van der Waals surface area (Å²) in [5.74, 6) is 0.164. The Kier molecular flexibility index (Phi) is 6.26. The normalized spacial score (nSPS) is 11.2. The van der Waals surface area contributed by atoms with Crippen molar-refractivity contribution in [1.82, 2.24) is 0 Å². The van der Waals surface area contributed by atoms with Crippen LogP contribution in [0.5, 0.6) is 0 Å². The van der Waals surface area contributed by atoms with Crippen molar-refractivity contribution in [2.24, 2.45) is 0 Å². The maximum Gasteiger partial charge on any atom is 0.261 e. The molecular weight excluding hydrogens is 370 g/mol. The zero-order valence-corrected chi connectivity index (χ0v) is 16.6. The van der Waals surface area contributed by atoms with Crippen molar-refractivity contribution in [3.63, 3.8) is 0 Å². The van der Waals surface area contributed by atoms with Crippen molar-refractivity contribution in [3.8, 4) is 0 Å². The summed E-state index contributed by atoms with van der Waals surface area (Å²) in [5.41, 5.74) is 3.49. The van der Waals surface area contributed by atoms with E-state index in [0.29, 0.717) is 18.5 Å². The van der Waals surface area contributed by atoms with Gasteiger partial charge in [0.05, 0.1) is 4.90 Å². The first-order chi connectivity index (χ1) is 13.4. The third-order valence-corrected chi connectivity index (χ3v) is 5.87. The Morgan fingerprint density at radius 1 is 0.821 bits per heavy atom. The Bertz CT molecular complexity index is 1030. The van der Waals surface area contributed by atoms with Crippen molar-refractivity contribution < 1.29 is 13.2 Å². The van der Waals surface area contributed by atoms with Crippen LogP contribution in [0.3, 0.4) is 0 Å². The minimum Gasteiger partial charge on any atom is -0.299 e. The molecule has 144 valence electrons. The van der Waals surface area contributed by atoms with Crippen LogP contribution in [0, 0.1) is 6.92 Å². The average Bonchev–Trinajstić information content (AvgIpc) is 2.69. The van der Waals surface area contributed by atoms with E-state index in [1.165, 1.54) is 0 Å². The highest BCUT2D eigenvalue weighted by Gasteiger charge is 2.14. The standard InChI is InChI=1S/C23H23NO3S/c1-18-7-15-23(16-8-18)28(26,27)24-21-12-9-20(10-13-21)17-22(25)14-11-19-5-3-2-4-6-19/h2-10,12-13,15-16,24H,11,14,17H2,1H3. The summed E-state index contributed by atoms with van der Waals surface area (Å²) in [6.45, 7) is 1.91. The summed E-state index contributed by atoms with van der Waals surface area (Å²) in [4.78, 5) is 12.4. The van der Waals surface area contributed by atoms with Gasteiger partial charge in [-0.05, 0) is 48.7 Å². The fraction of sp³-hybridized carbons (Fsp3) is 0.174. The molecule has 4 nitrogen and oxygen atoms in total. The number of ketones is 1. The van der Waals surface area contributed by atoms with Crippen molar-refractivity contribution in [3.05, 3.63) is 95.6 Å². The largest absolute Gasteiger partial charge is 0.299 e. The lowest BCUT2D eigenvalue weighted by atomic mass is 10.0. The maximum absolute atomic E-state index is 12.4. The fourth-order valence-corrected chi connectivity index (χ4v) is 3.93. The van der Waals surface area contributed by atoms with Gasteiger partial charge in [-0.15, -0.1) is 0 Å². The van der Waals surface area contributed by atoms with Crippen molar-refractivity contribution in [2.75, 3.05) is 4.72 Å². The van der Waals surface area contributed by atoms with Crippen molar-refractivity contribution in [2.45, 2.75) is 31.1 Å². The Balaban J connectivity index is 1.57. The molecular formula is C23H23NO3S. The van der Waals surface area contributed by atoms with Gasteiger partial charge in [-0.2, -0.15) is 0 Å². The Morgan fingerprint density at radius 2 is 1.46 bits per heavy atom. The molecule has 0 bridgehead atoms. The van der Waals surface area contributed by atoms with Gasteiger partial charge in [-0.3, -0.25) is 9.52 Å². The van der Waals surface area contributed by atoms with Crippen LogP contribution in [-0.2, 0) is 27.7 Å². The summed E-state index contributed by atoms with van der Waals surface area (Å²) < 4.78 is 27.4. The van der Waals surface area contributed by atoms with Crippen LogP contribution in [0.2, 0.25) is 0 Å². The predicted octanol–water partition coefficient (Wildman–Crippen LogP) is 4.54. The molecule has 0 aliphatic heterocycles. The molecule has 3 aromatic rings. The van der Waals surface area contributed by atoms with Crippen LogP contribution in [0.15, 0.2) is 83.8 Å². The highest BCUT2D eigenvalue weighted by Crippen LogP contribution is 2.18. The number of nitrogens with one attached hydrogen (secondary N) is 1. The molecule has 5 heteroatoms. The lowest BCUT2D eigenvalue weighted by Crippen LogP contribution is -2.13. The Hall–Kier alpha value is -2.92. The number of sulfonamides is 1. The minimum atomic E-state index is -3.62. The van der Waals surface area contributed by atoms with E-state index in [-0.39, 0.29) is 10.7 Å². The second-order valence-electron chi connectivity index (χ2n) is 6.82. The highest BCUT2D eigenvalue weighted by atomic mass is 32.2. The smallest absolute Gasteiger partial charge is 0.261 e. The van der Waals surface area contributed by atoms with Gasteiger partial charge in [0.1, 0.15) is 5.78 Å². The first kappa shape index (κ1) is 19.8. The van der Waals surface area contributed by atoms with Crippen LogP contribution in [0.25, 0.3) is 0 Å². The molecule has 0 aliphatic rings. The van der Waals surface area contributed by atoms with Crippen molar-refractivity contribution in [1.29, 1.82) is 0 Å². The zero-order chi connectivity index (χ0) is 20.0. The van der Waals surface area contributed by atoms with Gasteiger partial charge < -0.3 is 0 Å². The number of aryl methyl sites for hydroxylation is 2. The van der Waals surface area contributed by atoms with E-state index in [1.54, 1.807) is 48.5 Å². The Morgan fingerprint density at radius 3 is 2.11 bits per heavy atom. The maximum atomic E-state index is 12.4. The van der Waals surface area contributed by atoms with E-state index in [9.17, 15) is 13.2 Å². The van der Waals surface area contributed by atoms with Crippen LogP contribution < -0.4 is 4.72 Å². The summed E-state index contributed by atoms with van der Waals surface area (Å²) in [5, 5.41) is 0. The molecule has 3 aromatic carbocycles. The van der Waals surface area contributed by atoms with E-state index in [1.807, 2.05) is 37.3 Å². The number of carbonyl (C=O) groups excluding carboxylic acids is 1. The molecule has 0 heterocycles. The van der Waals surface area contributed by atoms with Gasteiger partial charge in [0.2, 0.25) is 0 Å². The van der Waals surface area contributed by atoms with Gasteiger partial charge in [0.25, 0.3) is 10.0 Å². The van der Waals surface area contributed by atoms with Crippen LogP contribution in [0.4, 0.5) is 5.69 Å². The molecule has 1 N–H and O–H groups in total. The quantitative estimate of drug-likeness (QED) is 0.611. The molecule has 28 heavy (non-hydrogen) atoms. The molecule has 0 aromatic heterocycles. The van der Waals surface area contributed by atoms with Crippen LogP contribution >= 0.6 is 0 Å². The second kappa shape index (κ2) is 8.85. The number of anilines is 1. The summed E-state index contributed by atoms with van der Waals surface area (Å²) in [7, 11) is -3.62. The molecule has 0 aliphatic carbocycles. The number of Topliss-reactive ketones (excluding diaryl/α,β-unsaturated/α-hetero) is 1. The third kappa shape index (κ3) is 5.54. The van der Waals surface area contributed by atoms with Crippen molar-refractivity contribution >= 4 is 21.5 Å². The first-order valence-corrected chi connectivity index (χ1v) is 10.6. The number of hydrogen-bond donors (Lipinski definition) is 1. The molecule has 3 rings (SSSR count). The van der Waals surface area contributed by atoms with Crippen LogP contribution in [0.1, 0.15) is 23.1 Å². The van der Waals surface area contributed by atoms with E-state index in [2.05, 4.69) is 4.72 Å². The lowest BCUT2D eigenvalue weighted by Gasteiger charge is -2.09. The topological polar surface area (TPSA) is 63.2 Å². The van der Waals surface area contributed by atoms with E-state index in [0.717, 1.165) is 23.1 Å². The Labute approximate surface area is 166 Å². The molecule has 0 atom stereocenters. The van der Waals surface area contributed by atoms with Gasteiger partial charge in [-0.25, -0.2) is 8.42 Å². The molecule has 0 saturated heterocycles. The molecule has 0 radical (unpaired) electrons. The molecule has 0 amide bonds. The van der Waals surface area contributed by atoms with E-state index in [4.69, 9.17) is 0 Å². The predicted molar refractivity (Wildman–Crippen MR) is 112 cm³/mol. The van der Waals surface area contributed by atoms with Gasteiger partial charge in [0, 0.05) is 18.5 Å². The number of carbonyl (C=O) groups is 1. The van der Waals surface area contributed by atoms with Gasteiger partial charge in [-0.1, -0.05) is 60.2 Å². The average molecular weight is 394 g/mol. The minimum absolute atomic E-state index is 0.164. The fourth-order valence-electron chi connectivity index (χ4n) is 2.87. The monoisotopic (exact) mass is 393 g/mol. The van der Waals surface area contributed by atoms with Gasteiger partial charge in [0.15, 0.2) is 0 Å². The number of benzene rings is 3. The molecule has 0 saturated carbocycles. The second-order valence-corrected chi connectivity index (χ2v) is 8.50. The van der Waals surface area contributed by atoms with Crippen LogP contribution in [-0.4, -0.2) is 14.2 Å². The van der Waals surface area contributed by atoms with E-state index < -0.39 is 10.0 Å². The first-order valence-electron chi connectivity index (χ1n) is 9.16. The summed E-state index contributed by atoms with van der Waals surface area (Å²) in [6, 6.07) is 23.6. The molecule has 0 spiro atoms. The summed E-state index contributed by atoms with van der Waals surface area (Å²) in [6.07, 6.45) is 1.57. The molecule has 0 unspecified atom stereocenters. The highest BCUT2D eigenvalue weighted by molar-refractivity contribution is 7.92. The molecule has 0 fully saturated rings. The summed E-state index contributed by atoms with van der Waals surface area (Å²) >= 11 is 0. The number of hydrogen-bond acceptors (Lipinski definition) is 3. The zero-order valence-electron chi connectivity index (χ0n) is 15.8. The van der Waals surface area contributed by atoms with Gasteiger partial charge >= 0.3 is 0 Å². The van der Waals surface area contributed by atoms with E-state index >= 15 is 0 Å². The number of rotatable bonds is 8. The third-order valence-electron chi connectivity index (χ3n) is 4.47. The lowest BCUT2D eigenvalue weighted by molar-refractivity contribution is -0.118.